The number of thioether (sulfide) groups is 1. The van der Waals surface area contributed by atoms with E-state index in [0.717, 1.165) is 22.9 Å². The number of nitrogens with zero attached hydrogens (tertiary/aromatic N) is 4. The second-order valence-electron chi connectivity index (χ2n) is 10.0. The van der Waals surface area contributed by atoms with Crippen LogP contribution in [0.25, 0.3) is 4.91 Å². The Morgan fingerprint density at radius 3 is 2.57 bits per heavy atom. The fourth-order valence-electron chi connectivity index (χ4n) is 5.24. The van der Waals surface area contributed by atoms with Crippen LogP contribution in [0.5, 0.6) is 5.75 Å². The summed E-state index contributed by atoms with van der Waals surface area (Å²) in [5, 5.41) is 5.75. The number of alkyl halides is 3. The molecule has 1 unspecified atom stereocenters. The number of carbonyl (C=O) groups is 1. The highest BCUT2D eigenvalue weighted by atomic mass is 32.2. The Morgan fingerprint density at radius 2 is 1.83 bits per heavy atom. The first-order valence-corrected chi connectivity index (χ1v) is 13.9. The summed E-state index contributed by atoms with van der Waals surface area (Å²) in [6.45, 7) is 6.30. The lowest BCUT2D eigenvalue weighted by atomic mass is 9.96. The van der Waals surface area contributed by atoms with Crippen molar-refractivity contribution in [1.29, 1.82) is 0 Å². The van der Waals surface area contributed by atoms with Crippen LogP contribution in [-0.4, -0.2) is 39.5 Å². The van der Waals surface area contributed by atoms with Crippen LogP contribution in [0.4, 0.5) is 13.2 Å². The summed E-state index contributed by atoms with van der Waals surface area (Å²) in [5.41, 5.74) is 1.66. The van der Waals surface area contributed by atoms with Crippen molar-refractivity contribution in [2.24, 2.45) is 0 Å². The molecular formula is C30H25F3N4O4S. The number of fused-ring (bicyclic) bond motifs is 3. The number of amides is 1. The van der Waals surface area contributed by atoms with Gasteiger partial charge in [0.05, 0.1) is 16.2 Å². The van der Waals surface area contributed by atoms with Gasteiger partial charge in [-0.15, -0.1) is 0 Å². The molecule has 12 heteroatoms. The fraction of sp³-hybridized carbons (Fsp3) is 0.233. The summed E-state index contributed by atoms with van der Waals surface area (Å²) in [7, 11) is 0. The van der Waals surface area contributed by atoms with Crippen LogP contribution in [0, 0.1) is 6.92 Å². The second kappa shape index (κ2) is 10.4. The maximum absolute atomic E-state index is 14.2. The molecule has 2 aromatic carbocycles. The number of rotatable bonds is 5. The minimum absolute atomic E-state index is 0.0627. The third kappa shape index (κ3) is 4.65. The number of carbonyl (C=O) groups excluding carboxylic acids is 1. The number of aromatic nitrogens is 2. The SMILES string of the molecule is C=C1Sc2ccccc2C(N2CN([C@H](C)C(F)(F)F)C(=O)c3c(OCc4ccccc4)c(=O)ccn32)c2c(C)noc21. The summed E-state index contributed by atoms with van der Waals surface area (Å²) in [5.74, 6) is -0.910. The van der Waals surface area contributed by atoms with Gasteiger partial charge >= 0.3 is 6.18 Å². The largest absolute Gasteiger partial charge is 0.482 e. The van der Waals surface area contributed by atoms with E-state index in [9.17, 15) is 22.8 Å². The molecule has 0 spiro atoms. The van der Waals surface area contributed by atoms with Gasteiger partial charge in [0.1, 0.15) is 25.4 Å². The second-order valence-corrected chi connectivity index (χ2v) is 11.2. The van der Waals surface area contributed by atoms with E-state index in [1.807, 2.05) is 30.3 Å². The summed E-state index contributed by atoms with van der Waals surface area (Å²) >= 11 is 1.36. The molecule has 4 aromatic rings. The summed E-state index contributed by atoms with van der Waals surface area (Å²) < 4.78 is 55.4. The van der Waals surface area contributed by atoms with E-state index < -0.39 is 36.3 Å². The van der Waals surface area contributed by atoms with Crippen molar-refractivity contribution >= 4 is 22.6 Å². The minimum atomic E-state index is -4.73. The zero-order valence-corrected chi connectivity index (χ0v) is 23.4. The van der Waals surface area contributed by atoms with E-state index in [1.165, 1.54) is 28.7 Å². The first-order chi connectivity index (χ1) is 20.1. The van der Waals surface area contributed by atoms with Crippen molar-refractivity contribution in [3.63, 3.8) is 0 Å². The Bertz CT molecular complexity index is 1750. The predicted octanol–water partition coefficient (Wildman–Crippen LogP) is 5.89. The van der Waals surface area contributed by atoms with Crippen LogP contribution in [0.1, 0.15) is 51.6 Å². The molecule has 8 nitrogen and oxygen atoms in total. The number of aryl methyl sites for hydroxylation is 1. The van der Waals surface area contributed by atoms with Crippen molar-refractivity contribution < 1.29 is 27.2 Å². The smallest absolute Gasteiger partial charge is 0.408 e. The molecule has 0 fully saturated rings. The molecule has 0 radical (unpaired) electrons. The van der Waals surface area contributed by atoms with Crippen LogP contribution < -0.4 is 15.2 Å². The van der Waals surface area contributed by atoms with Gasteiger partial charge in [0.2, 0.25) is 5.43 Å². The van der Waals surface area contributed by atoms with Crippen molar-refractivity contribution in [3.8, 4) is 5.75 Å². The molecule has 6 rings (SSSR count). The summed E-state index contributed by atoms with van der Waals surface area (Å²) in [4.78, 5) is 29.1. The van der Waals surface area contributed by atoms with Crippen LogP contribution >= 0.6 is 11.8 Å². The standard InChI is InChI=1S/C30H25F3N4O4S/c1-17-24-25(21-11-7-8-12-23(21)42-18(2)27(24)41-34-17)37-16-35(19(3)30(31,32)33)29(39)26-28(22(38)13-14-36(26)37)40-15-20-9-5-4-6-10-20/h4-14,19,25H,2,15-16H2,1,3H3/t19-,25?/m1/s1. The Morgan fingerprint density at radius 1 is 1.12 bits per heavy atom. The highest BCUT2D eigenvalue weighted by Gasteiger charge is 2.48. The van der Waals surface area contributed by atoms with E-state index in [2.05, 4.69) is 11.7 Å². The molecule has 0 saturated carbocycles. The Hall–Kier alpha value is -4.45. The lowest BCUT2D eigenvalue weighted by Gasteiger charge is -2.45. The van der Waals surface area contributed by atoms with Crippen LogP contribution in [-0.2, 0) is 6.61 Å². The maximum atomic E-state index is 14.2. The highest BCUT2D eigenvalue weighted by Crippen LogP contribution is 2.48. The predicted molar refractivity (Wildman–Crippen MR) is 151 cm³/mol. The molecule has 42 heavy (non-hydrogen) atoms. The molecule has 0 N–H and O–H groups in total. The first-order valence-electron chi connectivity index (χ1n) is 13.1. The Labute approximate surface area is 242 Å². The van der Waals surface area contributed by atoms with Crippen LogP contribution in [0.3, 0.4) is 0 Å². The van der Waals surface area contributed by atoms with E-state index >= 15 is 0 Å². The average molecular weight is 595 g/mol. The average Bonchev–Trinajstić information content (AvgIpc) is 3.29. The molecule has 2 aliphatic rings. The number of pyridine rings is 1. The third-order valence-electron chi connectivity index (χ3n) is 7.42. The fourth-order valence-corrected chi connectivity index (χ4v) is 6.19. The van der Waals surface area contributed by atoms with E-state index in [-0.39, 0.29) is 18.1 Å². The van der Waals surface area contributed by atoms with Gasteiger partial charge in [-0.05, 0) is 31.0 Å². The molecule has 1 amide bonds. The Balaban J connectivity index is 1.58. The molecule has 4 heterocycles. The monoisotopic (exact) mass is 594 g/mol. The van der Waals surface area contributed by atoms with Crippen molar-refractivity contribution in [1.82, 2.24) is 14.7 Å². The molecule has 2 aliphatic heterocycles. The third-order valence-corrected chi connectivity index (χ3v) is 8.44. The van der Waals surface area contributed by atoms with Gasteiger partial charge in [0, 0.05) is 17.2 Å². The number of benzene rings is 2. The molecule has 2 aromatic heterocycles. The lowest BCUT2D eigenvalue weighted by Crippen LogP contribution is -2.60. The topological polar surface area (TPSA) is 80.8 Å². The quantitative estimate of drug-likeness (QED) is 0.285. The van der Waals surface area contributed by atoms with Crippen LogP contribution in [0.2, 0.25) is 0 Å². The zero-order chi connectivity index (χ0) is 29.8. The van der Waals surface area contributed by atoms with Gasteiger partial charge in [0.25, 0.3) is 5.91 Å². The first kappa shape index (κ1) is 27.7. The van der Waals surface area contributed by atoms with Crippen molar-refractivity contribution in [2.45, 2.75) is 43.6 Å². The van der Waals surface area contributed by atoms with E-state index in [1.54, 1.807) is 36.2 Å². The van der Waals surface area contributed by atoms with Gasteiger partial charge in [-0.2, -0.15) is 13.2 Å². The molecule has 216 valence electrons. The summed E-state index contributed by atoms with van der Waals surface area (Å²) in [6, 6.07) is 14.7. The molecule has 0 bridgehead atoms. The van der Waals surface area contributed by atoms with E-state index in [0.29, 0.717) is 26.8 Å². The number of hydrogen-bond acceptors (Lipinski definition) is 7. The number of halogens is 3. The minimum Gasteiger partial charge on any atom is -0.482 e. The molecule has 0 saturated heterocycles. The molecule has 2 atom stereocenters. The number of hydrogen-bond donors (Lipinski definition) is 0. The van der Waals surface area contributed by atoms with Crippen LogP contribution in [0.15, 0.2) is 87.7 Å². The van der Waals surface area contributed by atoms with Crippen molar-refractivity contribution in [2.75, 3.05) is 11.7 Å². The highest BCUT2D eigenvalue weighted by molar-refractivity contribution is 8.08. The van der Waals surface area contributed by atoms with Crippen molar-refractivity contribution in [3.05, 3.63) is 118 Å². The van der Waals surface area contributed by atoms with E-state index in [4.69, 9.17) is 9.26 Å². The lowest BCUT2D eigenvalue weighted by molar-refractivity contribution is -0.173. The number of ether oxygens (including phenoxy) is 1. The van der Waals surface area contributed by atoms with Gasteiger partial charge in [0.15, 0.2) is 17.2 Å². The Kier molecular flexibility index (Phi) is 6.88. The molecular weight excluding hydrogens is 569 g/mol. The maximum Gasteiger partial charge on any atom is 0.408 e. The van der Waals surface area contributed by atoms with Gasteiger partial charge in [-0.1, -0.05) is 72.0 Å². The van der Waals surface area contributed by atoms with Gasteiger partial charge in [-0.25, -0.2) is 0 Å². The zero-order valence-electron chi connectivity index (χ0n) is 22.6. The molecule has 0 aliphatic carbocycles. The normalized spacial score (nSPS) is 17.3. The van der Waals surface area contributed by atoms with Gasteiger partial charge in [-0.3, -0.25) is 19.3 Å². The van der Waals surface area contributed by atoms with Gasteiger partial charge < -0.3 is 14.2 Å². The summed E-state index contributed by atoms with van der Waals surface area (Å²) in [6.07, 6.45) is -3.34.